The van der Waals surface area contributed by atoms with Crippen LogP contribution < -0.4 is 0 Å². The zero-order valence-corrected chi connectivity index (χ0v) is 54.4. The highest BCUT2D eigenvalue weighted by atomic mass is 15.1. The number of fused-ring (bicyclic) bond motifs is 14. The molecule has 0 bridgehead atoms. The van der Waals surface area contributed by atoms with E-state index >= 15 is 0 Å². The van der Waals surface area contributed by atoms with Crippen LogP contribution >= 0.6 is 0 Å². The van der Waals surface area contributed by atoms with Gasteiger partial charge in [0.2, 0.25) is 0 Å². The standard InChI is InChI=1S/C90H62N8/c1-89(2)73-40-21-17-36-67(73)69-44-46-77-79(81(69)89)71-38-19-23-42-75(71)97(77)65-51-61(49-63(53-65)87-93-83(55-26-9-5-10-27-55)91-84(94-87)56-28-11-6-12-29-56)59-34-25-35-60(48-59)62-50-64(88-95-85(57-30-13-7-14-31-57)92-86(96-88)58-32-15-8-16-33-58)54-66(52-62)98-76-43-24-20-39-72(76)80-78(98)47-45-70-68-37-18-22-41-74(68)90(3,4)82(70)80/h5-54H,1-4H3. The topological polar surface area (TPSA) is 87.2 Å². The van der Waals surface area contributed by atoms with Gasteiger partial charge in [-0.1, -0.05) is 264 Å². The first-order valence-electron chi connectivity index (χ1n) is 33.6. The molecule has 8 nitrogen and oxygen atoms in total. The molecule has 0 aliphatic heterocycles. The van der Waals surface area contributed by atoms with Gasteiger partial charge in [-0.25, -0.2) is 29.9 Å². The molecule has 0 saturated carbocycles. The molecule has 4 aromatic heterocycles. The summed E-state index contributed by atoms with van der Waals surface area (Å²) in [5, 5.41) is 4.92. The van der Waals surface area contributed by atoms with Gasteiger partial charge in [-0.2, -0.15) is 0 Å². The molecule has 17 aromatic rings. The van der Waals surface area contributed by atoms with Gasteiger partial charge in [-0.15, -0.1) is 0 Å². The maximum absolute atomic E-state index is 5.39. The molecular formula is C90H62N8. The summed E-state index contributed by atoms with van der Waals surface area (Å²) in [7, 11) is 0. The molecule has 2 aliphatic rings. The van der Waals surface area contributed by atoms with Gasteiger partial charge in [0.25, 0.3) is 0 Å². The summed E-state index contributed by atoms with van der Waals surface area (Å²) < 4.78 is 4.91. The number of rotatable bonds is 10. The fourth-order valence-electron chi connectivity index (χ4n) is 16.0. The van der Waals surface area contributed by atoms with E-state index in [0.717, 1.165) is 89.1 Å². The van der Waals surface area contributed by atoms with E-state index in [0.29, 0.717) is 34.9 Å². The Kier molecular flexibility index (Phi) is 12.8. The van der Waals surface area contributed by atoms with Gasteiger partial charge in [0.15, 0.2) is 34.9 Å². The van der Waals surface area contributed by atoms with Crippen LogP contribution in [0.5, 0.6) is 0 Å². The second-order valence-corrected chi connectivity index (χ2v) is 27.0. The van der Waals surface area contributed by atoms with E-state index < -0.39 is 0 Å². The van der Waals surface area contributed by atoms with Crippen LogP contribution in [0, 0.1) is 0 Å². The van der Waals surface area contributed by atoms with Gasteiger partial charge < -0.3 is 9.13 Å². The monoisotopic (exact) mass is 1250 g/mol. The van der Waals surface area contributed by atoms with Crippen LogP contribution in [-0.2, 0) is 10.8 Å². The van der Waals surface area contributed by atoms with Crippen LogP contribution in [0.3, 0.4) is 0 Å². The molecule has 8 heteroatoms. The Hall–Kier alpha value is -12.5. The normalized spacial score (nSPS) is 13.3. The van der Waals surface area contributed by atoms with Crippen molar-refractivity contribution in [2.45, 2.75) is 38.5 Å². The predicted molar refractivity (Wildman–Crippen MR) is 401 cm³/mol. The summed E-state index contributed by atoms with van der Waals surface area (Å²) in [5.74, 6) is 3.52. The summed E-state index contributed by atoms with van der Waals surface area (Å²) in [4.78, 5) is 31.9. The lowest BCUT2D eigenvalue weighted by Crippen LogP contribution is -2.15. The van der Waals surface area contributed by atoms with Crippen molar-refractivity contribution in [1.29, 1.82) is 0 Å². The minimum Gasteiger partial charge on any atom is -0.309 e. The largest absolute Gasteiger partial charge is 0.309 e. The van der Waals surface area contributed by atoms with Crippen molar-refractivity contribution in [1.82, 2.24) is 39.0 Å². The Morgan fingerprint density at radius 1 is 0.224 bits per heavy atom. The Labute approximate surface area is 567 Å². The second-order valence-electron chi connectivity index (χ2n) is 27.0. The highest BCUT2D eigenvalue weighted by Crippen LogP contribution is 2.55. The Morgan fingerprint density at radius 2 is 0.520 bits per heavy atom. The van der Waals surface area contributed by atoms with Gasteiger partial charge in [-0.3, -0.25) is 0 Å². The number of aromatic nitrogens is 8. The average molecular weight is 1260 g/mol. The van der Waals surface area contributed by atoms with E-state index in [9.17, 15) is 0 Å². The van der Waals surface area contributed by atoms with Crippen molar-refractivity contribution >= 4 is 43.6 Å². The molecule has 0 radical (unpaired) electrons. The van der Waals surface area contributed by atoms with Crippen LogP contribution in [-0.4, -0.2) is 39.0 Å². The summed E-state index contributed by atoms with van der Waals surface area (Å²) in [5.41, 5.74) is 25.8. The van der Waals surface area contributed by atoms with Crippen molar-refractivity contribution in [3.8, 4) is 124 Å². The van der Waals surface area contributed by atoms with Crippen molar-refractivity contribution in [3.05, 3.63) is 326 Å². The van der Waals surface area contributed by atoms with Gasteiger partial charge in [0.1, 0.15) is 0 Å². The highest BCUT2D eigenvalue weighted by molar-refractivity contribution is 6.16. The summed E-state index contributed by atoms with van der Waals surface area (Å²) in [6.45, 7) is 9.52. The highest BCUT2D eigenvalue weighted by Gasteiger charge is 2.40. The fraction of sp³-hybridized carbons (Fsp3) is 0.0667. The first-order chi connectivity index (χ1) is 48.1. The zero-order valence-electron chi connectivity index (χ0n) is 54.4. The van der Waals surface area contributed by atoms with E-state index in [1.54, 1.807) is 0 Å². The zero-order chi connectivity index (χ0) is 65.4. The molecule has 0 spiro atoms. The number of para-hydroxylation sites is 2. The van der Waals surface area contributed by atoms with Crippen molar-refractivity contribution in [2.24, 2.45) is 0 Å². The molecule has 13 aromatic carbocycles. The van der Waals surface area contributed by atoms with Crippen LogP contribution in [0.25, 0.3) is 168 Å². The molecule has 2 aliphatic carbocycles. The molecule has 19 rings (SSSR count). The number of hydrogen-bond acceptors (Lipinski definition) is 6. The van der Waals surface area contributed by atoms with Crippen molar-refractivity contribution in [3.63, 3.8) is 0 Å². The van der Waals surface area contributed by atoms with Crippen molar-refractivity contribution in [2.75, 3.05) is 0 Å². The molecule has 0 saturated heterocycles. The number of nitrogens with zero attached hydrogens (tertiary/aromatic N) is 8. The summed E-state index contributed by atoms with van der Waals surface area (Å²) >= 11 is 0. The lowest BCUT2D eigenvalue weighted by atomic mass is 9.80. The maximum Gasteiger partial charge on any atom is 0.164 e. The lowest BCUT2D eigenvalue weighted by molar-refractivity contribution is 0.666. The third-order valence-electron chi connectivity index (χ3n) is 20.5. The van der Waals surface area contributed by atoms with E-state index in [2.05, 4.69) is 267 Å². The average Bonchev–Trinajstić information content (AvgIpc) is 1.54. The number of benzene rings is 13. The molecule has 4 heterocycles. The summed E-state index contributed by atoms with van der Waals surface area (Å²) in [6.07, 6.45) is 0. The molecule has 0 amide bonds. The first kappa shape index (κ1) is 57.0. The Morgan fingerprint density at radius 3 is 0.898 bits per heavy atom. The molecule has 0 fully saturated rings. The van der Waals surface area contributed by atoms with E-state index in [4.69, 9.17) is 29.9 Å². The van der Waals surface area contributed by atoms with E-state index in [-0.39, 0.29) is 10.8 Å². The molecule has 462 valence electrons. The third-order valence-corrected chi connectivity index (χ3v) is 20.5. The maximum atomic E-state index is 5.39. The Bertz CT molecular complexity index is 5620. The Balaban J connectivity index is 0.854. The van der Waals surface area contributed by atoms with Crippen LogP contribution in [0.15, 0.2) is 303 Å². The minimum absolute atomic E-state index is 0.249. The molecule has 0 N–H and O–H groups in total. The fourth-order valence-corrected chi connectivity index (χ4v) is 16.0. The van der Waals surface area contributed by atoms with E-state index in [1.165, 1.54) is 66.1 Å². The third kappa shape index (κ3) is 8.98. The van der Waals surface area contributed by atoms with Crippen molar-refractivity contribution < 1.29 is 0 Å². The first-order valence-corrected chi connectivity index (χ1v) is 33.6. The van der Waals surface area contributed by atoms with Crippen LogP contribution in [0.1, 0.15) is 49.9 Å². The molecule has 0 unspecified atom stereocenters. The quantitative estimate of drug-likeness (QED) is 0.136. The van der Waals surface area contributed by atoms with E-state index in [1.807, 2.05) is 72.8 Å². The smallest absolute Gasteiger partial charge is 0.164 e. The predicted octanol–water partition coefficient (Wildman–Crippen LogP) is 22.2. The van der Waals surface area contributed by atoms with Gasteiger partial charge >= 0.3 is 0 Å². The summed E-state index contributed by atoms with van der Waals surface area (Å²) in [6, 6.07) is 109. The molecule has 98 heavy (non-hydrogen) atoms. The van der Waals surface area contributed by atoms with Gasteiger partial charge in [0.05, 0.1) is 22.1 Å². The number of hydrogen-bond donors (Lipinski definition) is 0. The van der Waals surface area contributed by atoms with Gasteiger partial charge in [0, 0.05) is 77.1 Å². The lowest BCUT2D eigenvalue weighted by Gasteiger charge is -2.22. The minimum atomic E-state index is -0.249. The molecule has 0 atom stereocenters. The second kappa shape index (κ2) is 22.0. The van der Waals surface area contributed by atoms with Crippen LogP contribution in [0.2, 0.25) is 0 Å². The molecular weight excluding hydrogens is 1190 g/mol. The van der Waals surface area contributed by atoms with Crippen LogP contribution in [0.4, 0.5) is 0 Å². The SMILES string of the molecule is CC1(C)c2ccccc2-c2ccc3c(c21)c1ccccc1n3-c1cc(-c2cccc(-c3cc(-c4nc(-c5ccccc5)nc(-c5ccccc5)n4)cc(-n4c5ccccc5c5c6c(ccc54)-c4ccccc4C6(C)C)c3)c2)cc(-c2nc(-c3ccccc3)nc(-c3ccccc3)n2)c1. The van der Waals surface area contributed by atoms with Gasteiger partial charge in [-0.05, 0) is 133 Å².